The van der Waals surface area contributed by atoms with Crippen LogP contribution in [0.15, 0.2) is 10.4 Å². The van der Waals surface area contributed by atoms with Gasteiger partial charge in [0.15, 0.2) is 5.96 Å². The van der Waals surface area contributed by atoms with Gasteiger partial charge in [0.25, 0.3) is 0 Å². The van der Waals surface area contributed by atoms with Gasteiger partial charge in [0, 0.05) is 24.5 Å². The zero-order valence-corrected chi connectivity index (χ0v) is 17.6. The molecule has 2 heterocycles. The number of rotatable bonds is 6. The third-order valence-corrected chi connectivity index (χ3v) is 4.99. The van der Waals surface area contributed by atoms with Crippen molar-refractivity contribution in [2.24, 2.45) is 16.6 Å². The maximum Gasteiger partial charge on any atom is 0.188 e. The number of nitrogens with one attached hydrogen (secondary N) is 1. The molecule has 1 fully saturated rings. The Kier molecular flexibility index (Phi) is 9.38. The molecule has 7 heteroatoms. The van der Waals surface area contributed by atoms with Crippen LogP contribution in [0.3, 0.4) is 0 Å². The Balaban J connectivity index is 0.00000264. The Morgan fingerprint density at radius 2 is 2.17 bits per heavy atom. The summed E-state index contributed by atoms with van der Waals surface area (Å²) in [5.74, 6) is 1.23. The highest BCUT2D eigenvalue weighted by atomic mass is 127. The van der Waals surface area contributed by atoms with Gasteiger partial charge in [-0.25, -0.2) is 4.98 Å². The van der Waals surface area contributed by atoms with Crippen LogP contribution in [0.2, 0.25) is 0 Å². The van der Waals surface area contributed by atoms with Crippen LogP contribution >= 0.6 is 35.3 Å². The molecule has 3 N–H and O–H groups in total. The minimum Gasteiger partial charge on any atom is -0.370 e. The first-order valence-electron chi connectivity index (χ1n) is 8.29. The average Bonchev–Trinajstić information content (AvgIpc) is 2.93. The van der Waals surface area contributed by atoms with E-state index in [-0.39, 0.29) is 24.0 Å². The number of thiazole rings is 1. The maximum absolute atomic E-state index is 5.86. The standard InChI is InChI=1S/C16H29N5S.HI/c1-4-15-20-14(11-22-15)10-21-7-5-13(6-8-21)9-18-16(17)19-12(2)3;/h11-13H,4-10H2,1-3H3,(H3,17,18,19);1H. The van der Waals surface area contributed by atoms with Crippen molar-refractivity contribution in [2.45, 2.75) is 52.6 Å². The largest absolute Gasteiger partial charge is 0.370 e. The van der Waals surface area contributed by atoms with Crippen LogP contribution in [-0.2, 0) is 13.0 Å². The molecule has 0 saturated carbocycles. The molecule has 0 spiro atoms. The Hall–Kier alpha value is -0.410. The smallest absolute Gasteiger partial charge is 0.188 e. The number of hydrogen-bond donors (Lipinski definition) is 2. The maximum atomic E-state index is 5.86. The van der Waals surface area contributed by atoms with E-state index in [2.05, 4.69) is 46.3 Å². The molecule has 1 saturated heterocycles. The van der Waals surface area contributed by atoms with E-state index in [9.17, 15) is 0 Å². The fourth-order valence-corrected chi connectivity index (χ4v) is 3.44. The molecular formula is C16H30IN5S. The number of aliphatic imine (C=N–C) groups is 1. The van der Waals surface area contributed by atoms with E-state index < -0.39 is 0 Å². The van der Waals surface area contributed by atoms with Gasteiger partial charge in [-0.2, -0.15) is 0 Å². The summed E-state index contributed by atoms with van der Waals surface area (Å²) in [5, 5.41) is 6.59. The molecule has 23 heavy (non-hydrogen) atoms. The summed E-state index contributed by atoms with van der Waals surface area (Å²) >= 11 is 1.78. The first-order chi connectivity index (χ1) is 10.6. The van der Waals surface area contributed by atoms with Crippen molar-refractivity contribution < 1.29 is 0 Å². The Morgan fingerprint density at radius 1 is 1.48 bits per heavy atom. The lowest BCUT2D eigenvalue weighted by Gasteiger charge is -2.30. The van der Waals surface area contributed by atoms with Crippen LogP contribution in [0.25, 0.3) is 0 Å². The number of nitrogens with zero attached hydrogens (tertiary/aromatic N) is 3. The zero-order valence-electron chi connectivity index (χ0n) is 14.4. The quantitative estimate of drug-likeness (QED) is 0.397. The number of aryl methyl sites for hydroxylation is 1. The molecule has 1 aromatic rings. The van der Waals surface area contributed by atoms with E-state index in [4.69, 9.17) is 5.73 Å². The zero-order chi connectivity index (χ0) is 15.9. The first kappa shape index (κ1) is 20.6. The highest BCUT2D eigenvalue weighted by Crippen LogP contribution is 2.20. The summed E-state index contributed by atoms with van der Waals surface area (Å²) in [6, 6.07) is 0.344. The van der Waals surface area contributed by atoms with E-state index in [0.717, 1.165) is 32.6 Å². The van der Waals surface area contributed by atoms with Crippen LogP contribution < -0.4 is 11.1 Å². The second-order valence-electron chi connectivity index (χ2n) is 6.33. The topological polar surface area (TPSA) is 66.5 Å². The van der Waals surface area contributed by atoms with Crippen LogP contribution in [0.4, 0.5) is 0 Å². The Morgan fingerprint density at radius 3 is 2.74 bits per heavy atom. The predicted octanol–water partition coefficient (Wildman–Crippen LogP) is 2.85. The Labute approximate surface area is 161 Å². The predicted molar refractivity (Wildman–Crippen MR) is 110 cm³/mol. The van der Waals surface area contributed by atoms with Gasteiger partial charge in [-0.05, 0) is 52.1 Å². The summed E-state index contributed by atoms with van der Waals surface area (Å²) in [4.78, 5) is 11.6. The lowest BCUT2D eigenvalue weighted by molar-refractivity contribution is 0.179. The van der Waals surface area contributed by atoms with Gasteiger partial charge in [0.05, 0.1) is 10.7 Å². The van der Waals surface area contributed by atoms with Gasteiger partial charge in [0.2, 0.25) is 0 Å². The molecule has 2 rings (SSSR count). The molecule has 0 unspecified atom stereocenters. The number of nitrogens with two attached hydrogens (primary N) is 1. The van der Waals surface area contributed by atoms with Crippen molar-refractivity contribution in [3.05, 3.63) is 16.1 Å². The molecule has 0 amide bonds. The van der Waals surface area contributed by atoms with Crippen molar-refractivity contribution >= 4 is 41.3 Å². The summed E-state index contributed by atoms with van der Waals surface area (Å²) in [7, 11) is 0. The second-order valence-corrected chi connectivity index (χ2v) is 7.27. The monoisotopic (exact) mass is 451 g/mol. The number of guanidine groups is 1. The van der Waals surface area contributed by atoms with Crippen LogP contribution in [-0.4, -0.2) is 41.5 Å². The summed E-state index contributed by atoms with van der Waals surface area (Å²) in [6.45, 7) is 10.4. The minimum atomic E-state index is 0. The average molecular weight is 451 g/mol. The first-order valence-corrected chi connectivity index (χ1v) is 9.16. The molecule has 1 aromatic heterocycles. The lowest BCUT2D eigenvalue weighted by atomic mass is 9.97. The van der Waals surface area contributed by atoms with Gasteiger partial charge in [-0.15, -0.1) is 35.3 Å². The summed E-state index contributed by atoms with van der Waals surface area (Å²) in [6.07, 6.45) is 3.43. The van der Waals surface area contributed by atoms with E-state index in [1.165, 1.54) is 23.5 Å². The summed E-state index contributed by atoms with van der Waals surface area (Å²) in [5.41, 5.74) is 7.08. The lowest BCUT2D eigenvalue weighted by Crippen LogP contribution is -2.38. The van der Waals surface area contributed by atoms with Crippen LogP contribution in [0.1, 0.15) is 44.3 Å². The fourth-order valence-electron chi connectivity index (χ4n) is 2.71. The van der Waals surface area contributed by atoms with E-state index >= 15 is 0 Å². The molecule has 0 atom stereocenters. The van der Waals surface area contributed by atoms with Crippen LogP contribution in [0, 0.1) is 5.92 Å². The highest BCUT2D eigenvalue weighted by molar-refractivity contribution is 14.0. The SMILES string of the molecule is CCc1nc(CN2CCC(CN=C(N)NC(C)C)CC2)cs1.I. The molecule has 5 nitrogen and oxygen atoms in total. The van der Waals surface area contributed by atoms with E-state index in [1.807, 2.05) is 0 Å². The number of aromatic nitrogens is 1. The molecule has 1 aliphatic heterocycles. The molecular weight excluding hydrogens is 421 g/mol. The third kappa shape index (κ3) is 7.34. The van der Waals surface area contributed by atoms with Crippen LogP contribution in [0.5, 0.6) is 0 Å². The minimum absolute atomic E-state index is 0. The molecule has 1 aliphatic rings. The molecule has 132 valence electrons. The van der Waals surface area contributed by atoms with Crippen molar-refractivity contribution in [3.63, 3.8) is 0 Å². The molecule has 0 aromatic carbocycles. The molecule has 0 radical (unpaired) electrons. The fraction of sp³-hybridized carbons (Fsp3) is 0.750. The van der Waals surface area contributed by atoms with Crippen molar-refractivity contribution in [1.29, 1.82) is 0 Å². The highest BCUT2D eigenvalue weighted by Gasteiger charge is 2.19. The number of likely N-dealkylation sites (tertiary alicyclic amines) is 1. The molecule has 0 aliphatic carbocycles. The van der Waals surface area contributed by atoms with Gasteiger partial charge >= 0.3 is 0 Å². The van der Waals surface area contributed by atoms with Crippen molar-refractivity contribution in [3.8, 4) is 0 Å². The van der Waals surface area contributed by atoms with E-state index in [1.54, 1.807) is 11.3 Å². The van der Waals surface area contributed by atoms with Gasteiger partial charge < -0.3 is 11.1 Å². The van der Waals surface area contributed by atoms with Crippen molar-refractivity contribution in [2.75, 3.05) is 19.6 Å². The van der Waals surface area contributed by atoms with E-state index in [0.29, 0.717) is 17.9 Å². The van der Waals surface area contributed by atoms with Gasteiger partial charge in [0.1, 0.15) is 0 Å². The number of piperidine rings is 1. The van der Waals surface area contributed by atoms with Gasteiger partial charge in [-0.1, -0.05) is 6.92 Å². The molecule has 0 bridgehead atoms. The summed E-state index contributed by atoms with van der Waals surface area (Å²) < 4.78 is 0. The number of halogens is 1. The Bertz CT molecular complexity index is 481. The second kappa shape index (κ2) is 10.5. The van der Waals surface area contributed by atoms with Gasteiger partial charge in [-0.3, -0.25) is 9.89 Å². The van der Waals surface area contributed by atoms with Crippen molar-refractivity contribution in [1.82, 2.24) is 15.2 Å². The number of hydrogen-bond acceptors (Lipinski definition) is 4. The normalized spacial score (nSPS) is 17.3. The third-order valence-electron chi connectivity index (χ3n) is 3.95.